The molecule has 1 aromatic rings. The molecule has 2 saturated heterocycles. The van der Waals surface area contributed by atoms with Crippen LogP contribution in [0.3, 0.4) is 0 Å². The third-order valence-electron chi connectivity index (χ3n) is 4.51. The van der Waals surface area contributed by atoms with E-state index in [2.05, 4.69) is 23.7 Å². The number of carbonyl (C=O) groups excluding carboxylic acids is 1. The number of hydrogen-bond donors (Lipinski definition) is 0. The molecule has 2 fully saturated rings. The van der Waals surface area contributed by atoms with Gasteiger partial charge >= 0.3 is 6.09 Å². The molecule has 116 valence electrons. The lowest BCUT2D eigenvalue weighted by atomic mass is 9.98. The topological polar surface area (TPSA) is 45.7 Å². The fourth-order valence-corrected chi connectivity index (χ4v) is 3.92. The largest absolute Gasteiger partial charge is 0.447 e. The molecule has 1 unspecified atom stereocenters. The highest BCUT2D eigenvalue weighted by molar-refractivity contribution is 7.09. The number of rotatable bonds is 4. The second kappa shape index (κ2) is 6.32. The van der Waals surface area contributed by atoms with Crippen LogP contribution < -0.4 is 0 Å². The average Bonchev–Trinajstić information content (AvgIpc) is 3.09. The summed E-state index contributed by atoms with van der Waals surface area (Å²) < 4.78 is 5.27. The van der Waals surface area contributed by atoms with Crippen LogP contribution in [0.5, 0.6) is 0 Å². The first-order valence-corrected chi connectivity index (χ1v) is 8.59. The third-order valence-corrected chi connectivity index (χ3v) is 5.27. The van der Waals surface area contributed by atoms with Crippen molar-refractivity contribution in [2.24, 2.45) is 5.92 Å². The van der Waals surface area contributed by atoms with Gasteiger partial charge in [0, 0.05) is 30.7 Å². The lowest BCUT2D eigenvalue weighted by molar-refractivity contribution is 0.0955. The number of carbonyl (C=O) groups is 1. The van der Waals surface area contributed by atoms with Crippen LogP contribution in [0.1, 0.15) is 31.7 Å². The summed E-state index contributed by atoms with van der Waals surface area (Å²) in [6.45, 7) is 7.87. The zero-order valence-corrected chi connectivity index (χ0v) is 13.5. The second-order valence-electron chi connectivity index (χ2n) is 6.23. The van der Waals surface area contributed by atoms with E-state index < -0.39 is 0 Å². The molecule has 1 atom stereocenters. The minimum Gasteiger partial charge on any atom is -0.447 e. The van der Waals surface area contributed by atoms with Crippen molar-refractivity contribution in [3.63, 3.8) is 0 Å². The molecule has 0 aliphatic carbocycles. The van der Waals surface area contributed by atoms with Crippen LogP contribution in [-0.2, 0) is 11.3 Å². The molecular formula is C15H23N3O2S. The van der Waals surface area contributed by atoms with E-state index in [9.17, 15) is 4.79 Å². The summed E-state index contributed by atoms with van der Waals surface area (Å²) >= 11 is 1.71. The predicted molar refractivity (Wildman–Crippen MR) is 82.2 cm³/mol. The van der Waals surface area contributed by atoms with E-state index in [1.54, 1.807) is 11.3 Å². The van der Waals surface area contributed by atoms with Crippen LogP contribution in [0.4, 0.5) is 4.79 Å². The summed E-state index contributed by atoms with van der Waals surface area (Å²) in [5, 5.41) is 3.20. The molecule has 1 aromatic heterocycles. The molecular weight excluding hydrogens is 286 g/mol. The number of ether oxygens (including phenoxy) is 1. The van der Waals surface area contributed by atoms with Crippen molar-refractivity contribution >= 4 is 17.4 Å². The number of cyclic esters (lactones) is 1. The van der Waals surface area contributed by atoms with Crippen molar-refractivity contribution in [1.29, 1.82) is 0 Å². The number of amides is 1. The van der Waals surface area contributed by atoms with Gasteiger partial charge in [0.15, 0.2) is 0 Å². The molecule has 6 heteroatoms. The Balaban J connectivity index is 1.56. The maximum absolute atomic E-state index is 12.0. The van der Waals surface area contributed by atoms with Crippen LogP contribution >= 0.6 is 11.3 Å². The first-order chi connectivity index (χ1) is 10.1. The summed E-state index contributed by atoms with van der Waals surface area (Å²) in [4.78, 5) is 20.8. The van der Waals surface area contributed by atoms with Gasteiger partial charge in [-0.3, -0.25) is 9.80 Å². The monoisotopic (exact) mass is 309 g/mol. The Kier molecular flexibility index (Phi) is 4.45. The van der Waals surface area contributed by atoms with E-state index in [0.717, 1.165) is 32.5 Å². The normalized spacial score (nSPS) is 24.8. The van der Waals surface area contributed by atoms with Gasteiger partial charge in [-0.05, 0) is 18.8 Å². The van der Waals surface area contributed by atoms with E-state index in [1.165, 1.54) is 5.01 Å². The minimum atomic E-state index is -0.118. The van der Waals surface area contributed by atoms with Gasteiger partial charge in [0.2, 0.25) is 0 Å². The van der Waals surface area contributed by atoms with E-state index >= 15 is 0 Å². The molecule has 3 heterocycles. The molecule has 0 radical (unpaired) electrons. The van der Waals surface area contributed by atoms with Crippen LogP contribution in [-0.4, -0.2) is 52.7 Å². The van der Waals surface area contributed by atoms with Gasteiger partial charge in [0.05, 0.1) is 12.6 Å². The van der Waals surface area contributed by atoms with Crippen molar-refractivity contribution in [3.8, 4) is 0 Å². The number of likely N-dealkylation sites (tertiary alicyclic amines) is 1. The lowest BCUT2D eigenvalue weighted by Crippen LogP contribution is -2.49. The zero-order chi connectivity index (χ0) is 14.8. The maximum Gasteiger partial charge on any atom is 0.410 e. The molecule has 0 saturated carbocycles. The zero-order valence-electron chi connectivity index (χ0n) is 12.7. The van der Waals surface area contributed by atoms with Crippen LogP contribution in [0.15, 0.2) is 11.6 Å². The summed E-state index contributed by atoms with van der Waals surface area (Å²) in [5.74, 6) is 0.449. The van der Waals surface area contributed by atoms with E-state index in [-0.39, 0.29) is 12.1 Å². The minimum absolute atomic E-state index is 0.118. The number of hydrogen-bond acceptors (Lipinski definition) is 5. The lowest BCUT2D eigenvalue weighted by Gasteiger charge is -2.38. The van der Waals surface area contributed by atoms with E-state index in [4.69, 9.17) is 4.74 Å². The number of piperidine rings is 1. The molecule has 3 rings (SSSR count). The fourth-order valence-electron chi connectivity index (χ4n) is 3.26. The Labute approximate surface area is 129 Å². The van der Waals surface area contributed by atoms with Crippen LogP contribution in [0.25, 0.3) is 0 Å². The smallest absolute Gasteiger partial charge is 0.410 e. The molecule has 1 amide bonds. The summed E-state index contributed by atoms with van der Waals surface area (Å²) in [6.07, 6.45) is 3.81. The number of nitrogens with zero attached hydrogens (tertiary/aromatic N) is 3. The Bertz CT molecular complexity index is 469. The Morgan fingerprint density at radius 2 is 2.19 bits per heavy atom. The quantitative estimate of drug-likeness (QED) is 0.857. The maximum atomic E-state index is 12.0. The molecule has 0 bridgehead atoms. The van der Waals surface area contributed by atoms with Gasteiger partial charge in [0.1, 0.15) is 11.6 Å². The van der Waals surface area contributed by atoms with Gasteiger partial charge < -0.3 is 4.74 Å². The summed E-state index contributed by atoms with van der Waals surface area (Å²) in [7, 11) is 0. The number of aromatic nitrogens is 1. The molecule has 5 nitrogen and oxygen atoms in total. The van der Waals surface area contributed by atoms with E-state index in [1.807, 2.05) is 16.5 Å². The van der Waals surface area contributed by atoms with E-state index in [0.29, 0.717) is 18.6 Å². The van der Waals surface area contributed by atoms with Gasteiger partial charge in [-0.2, -0.15) is 0 Å². The summed E-state index contributed by atoms with van der Waals surface area (Å²) in [5.41, 5.74) is 0. The molecule has 0 spiro atoms. The average molecular weight is 309 g/mol. The van der Waals surface area contributed by atoms with Gasteiger partial charge in [-0.15, -0.1) is 11.3 Å². The third kappa shape index (κ3) is 3.21. The van der Waals surface area contributed by atoms with Crippen LogP contribution in [0.2, 0.25) is 0 Å². The first kappa shape index (κ1) is 14.8. The van der Waals surface area contributed by atoms with Crippen molar-refractivity contribution in [3.05, 3.63) is 16.6 Å². The van der Waals surface area contributed by atoms with Crippen molar-refractivity contribution in [2.45, 2.75) is 45.3 Å². The standard InChI is InChI=1S/C15H23N3O2S/c1-11(2)13-10-20-15(19)18(13)12-3-6-17(7-4-12)9-14-16-5-8-21-14/h5,8,11-13H,3-4,6-7,9-10H2,1-2H3. The SMILES string of the molecule is CC(C)C1COC(=O)N1C1CCN(Cc2nccs2)CC1. The Morgan fingerprint density at radius 1 is 1.43 bits per heavy atom. The summed E-state index contributed by atoms with van der Waals surface area (Å²) in [6, 6.07) is 0.577. The first-order valence-electron chi connectivity index (χ1n) is 7.71. The molecule has 0 N–H and O–H groups in total. The molecule has 21 heavy (non-hydrogen) atoms. The van der Waals surface area contributed by atoms with Crippen molar-refractivity contribution in [2.75, 3.05) is 19.7 Å². The van der Waals surface area contributed by atoms with Crippen LogP contribution in [0, 0.1) is 5.92 Å². The molecule has 0 aromatic carbocycles. The fraction of sp³-hybridized carbons (Fsp3) is 0.733. The van der Waals surface area contributed by atoms with Gasteiger partial charge in [-0.25, -0.2) is 9.78 Å². The predicted octanol–water partition coefficient (Wildman–Crippen LogP) is 2.58. The Hall–Kier alpha value is -1.14. The highest BCUT2D eigenvalue weighted by Crippen LogP contribution is 2.27. The van der Waals surface area contributed by atoms with Crippen molar-refractivity contribution in [1.82, 2.24) is 14.8 Å². The van der Waals surface area contributed by atoms with Gasteiger partial charge in [-0.1, -0.05) is 13.8 Å². The second-order valence-corrected chi connectivity index (χ2v) is 7.21. The van der Waals surface area contributed by atoms with Crippen molar-refractivity contribution < 1.29 is 9.53 Å². The van der Waals surface area contributed by atoms with Gasteiger partial charge in [0.25, 0.3) is 0 Å². The molecule has 2 aliphatic rings. The Morgan fingerprint density at radius 3 is 2.81 bits per heavy atom. The highest BCUT2D eigenvalue weighted by atomic mass is 32.1. The highest BCUT2D eigenvalue weighted by Gasteiger charge is 2.40. The number of thiazole rings is 1. The molecule has 2 aliphatic heterocycles.